The van der Waals surface area contributed by atoms with Crippen molar-refractivity contribution in [1.29, 1.82) is 0 Å². The second kappa shape index (κ2) is 10.8. The molecule has 1 fully saturated rings. The third-order valence-electron chi connectivity index (χ3n) is 6.49. The Bertz CT molecular complexity index is 1070. The molecule has 0 amide bonds. The fourth-order valence-electron chi connectivity index (χ4n) is 4.92. The van der Waals surface area contributed by atoms with Gasteiger partial charge in [0, 0.05) is 35.7 Å². The van der Waals surface area contributed by atoms with Crippen LogP contribution in [-0.2, 0) is 11.2 Å². The van der Waals surface area contributed by atoms with Crippen LogP contribution in [0.1, 0.15) is 63.5 Å². The van der Waals surface area contributed by atoms with Crippen molar-refractivity contribution in [2.75, 3.05) is 6.54 Å². The van der Waals surface area contributed by atoms with Gasteiger partial charge < -0.3 is 20.8 Å². The van der Waals surface area contributed by atoms with Crippen molar-refractivity contribution in [3.8, 4) is 0 Å². The Balaban J connectivity index is 1.99. The lowest BCUT2D eigenvalue weighted by atomic mass is 9.86. The molecule has 0 bridgehead atoms. The SMILES string of the molecule is C=C(C)C(=C(C)O)C(=C/N)/C=C1\CC(c2cccc(CC(=O)O)c2)=CN1CC1(F)CCCCC1. The second-order valence-electron chi connectivity index (χ2n) is 9.44. The van der Waals surface area contributed by atoms with Crippen molar-refractivity contribution >= 4 is 11.5 Å². The predicted octanol–water partition coefficient (Wildman–Crippen LogP) is 6.17. The number of carboxylic acid groups (broad SMARTS) is 1. The average Bonchev–Trinajstić information content (AvgIpc) is 3.14. The molecule has 34 heavy (non-hydrogen) atoms. The van der Waals surface area contributed by atoms with Gasteiger partial charge in [-0.05, 0) is 55.0 Å². The molecule has 0 atom stereocenters. The summed E-state index contributed by atoms with van der Waals surface area (Å²) in [6.45, 7) is 7.61. The van der Waals surface area contributed by atoms with Crippen LogP contribution < -0.4 is 5.73 Å². The van der Waals surface area contributed by atoms with E-state index in [2.05, 4.69) is 6.58 Å². The minimum Gasteiger partial charge on any atom is -0.512 e. The third kappa shape index (κ3) is 6.19. The monoisotopic (exact) mass is 466 g/mol. The zero-order valence-corrected chi connectivity index (χ0v) is 20.1. The lowest BCUT2D eigenvalue weighted by Gasteiger charge is -2.34. The topological polar surface area (TPSA) is 86.8 Å². The van der Waals surface area contributed by atoms with Crippen LogP contribution in [0.15, 0.2) is 77.5 Å². The Morgan fingerprint density at radius 3 is 2.53 bits per heavy atom. The number of nitrogens with two attached hydrogens (primary N) is 1. The van der Waals surface area contributed by atoms with E-state index in [9.17, 15) is 9.90 Å². The first kappa shape index (κ1) is 25.3. The number of hydrogen-bond acceptors (Lipinski definition) is 4. The molecule has 0 aromatic heterocycles. The number of halogens is 1. The quantitative estimate of drug-likeness (QED) is 0.315. The van der Waals surface area contributed by atoms with E-state index < -0.39 is 11.6 Å². The van der Waals surface area contributed by atoms with Gasteiger partial charge in [-0.15, -0.1) is 0 Å². The van der Waals surface area contributed by atoms with Crippen LogP contribution in [0.25, 0.3) is 5.57 Å². The lowest BCUT2D eigenvalue weighted by Crippen LogP contribution is -2.37. The van der Waals surface area contributed by atoms with Crippen molar-refractivity contribution < 1.29 is 19.4 Å². The van der Waals surface area contributed by atoms with E-state index in [1.54, 1.807) is 19.9 Å². The molecule has 1 heterocycles. The molecule has 1 aromatic carbocycles. The van der Waals surface area contributed by atoms with Gasteiger partial charge in [0.1, 0.15) is 5.67 Å². The van der Waals surface area contributed by atoms with E-state index in [1.165, 1.54) is 6.20 Å². The first-order valence-corrected chi connectivity index (χ1v) is 11.8. The maximum atomic E-state index is 15.7. The van der Waals surface area contributed by atoms with Gasteiger partial charge in [-0.2, -0.15) is 0 Å². The zero-order chi connectivity index (χ0) is 24.9. The van der Waals surface area contributed by atoms with Crippen molar-refractivity contribution in [3.63, 3.8) is 0 Å². The van der Waals surface area contributed by atoms with Crippen LogP contribution in [0.5, 0.6) is 0 Å². The van der Waals surface area contributed by atoms with Gasteiger partial charge in [0.25, 0.3) is 0 Å². The summed E-state index contributed by atoms with van der Waals surface area (Å²) >= 11 is 0. The van der Waals surface area contributed by atoms with Crippen molar-refractivity contribution in [3.05, 3.63) is 88.6 Å². The summed E-state index contributed by atoms with van der Waals surface area (Å²) in [5, 5.41) is 19.4. The van der Waals surface area contributed by atoms with Crippen molar-refractivity contribution in [1.82, 2.24) is 4.90 Å². The Morgan fingerprint density at radius 1 is 1.24 bits per heavy atom. The fraction of sp³-hybridized carbons (Fsp3) is 0.393. The largest absolute Gasteiger partial charge is 0.512 e. The molecule has 5 nitrogen and oxygen atoms in total. The number of aliphatic hydroxyl groups excluding tert-OH is 1. The molecule has 182 valence electrons. The Morgan fingerprint density at radius 2 is 1.94 bits per heavy atom. The van der Waals surface area contributed by atoms with E-state index in [1.807, 2.05) is 35.4 Å². The first-order valence-electron chi connectivity index (χ1n) is 11.8. The molecular weight excluding hydrogens is 431 g/mol. The highest BCUT2D eigenvalue weighted by atomic mass is 19.1. The van der Waals surface area contributed by atoms with Gasteiger partial charge in [0.2, 0.25) is 0 Å². The van der Waals surface area contributed by atoms with E-state index in [4.69, 9.17) is 10.8 Å². The fourth-order valence-corrected chi connectivity index (χ4v) is 4.92. The molecule has 1 aromatic rings. The van der Waals surface area contributed by atoms with Gasteiger partial charge in [0.05, 0.1) is 18.7 Å². The summed E-state index contributed by atoms with van der Waals surface area (Å²) in [6.07, 6.45) is 9.70. The van der Waals surface area contributed by atoms with E-state index in [0.717, 1.165) is 41.7 Å². The van der Waals surface area contributed by atoms with Crippen LogP contribution in [0.4, 0.5) is 4.39 Å². The molecular formula is C28H35FN2O3. The molecule has 0 spiro atoms. The summed E-state index contributed by atoms with van der Waals surface area (Å²) < 4.78 is 15.7. The molecule has 4 N–H and O–H groups in total. The number of alkyl halides is 1. The highest BCUT2D eigenvalue weighted by molar-refractivity contribution is 5.74. The summed E-state index contributed by atoms with van der Waals surface area (Å²) in [4.78, 5) is 13.1. The molecule has 0 radical (unpaired) electrons. The Kier molecular flexibility index (Phi) is 8.02. The van der Waals surface area contributed by atoms with E-state index in [-0.39, 0.29) is 18.7 Å². The number of aliphatic hydroxyl groups is 1. The van der Waals surface area contributed by atoms with Gasteiger partial charge in [-0.1, -0.05) is 50.1 Å². The zero-order valence-electron chi connectivity index (χ0n) is 20.1. The maximum Gasteiger partial charge on any atom is 0.307 e. The molecule has 2 aliphatic rings. The smallest absolute Gasteiger partial charge is 0.307 e. The number of aliphatic carboxylic acids is 1. The number of allylic oxidation sites excluding steroid dienone is 6. The van der Waals surface area contributed by atoms with Crippen LogP contribution in [-0.4, -0.2) is 33.3 Å². The van der Waals surface area contributed by atoms with E-state index in [0.29, 0.717) is 36.0 Å². The number of benzene rings is 1. The number of carbonyl (C=O) groups is 1. The van der Waals surface area contributed by atoms with Crippen LogP contribution in [0, 0.1) is 0 Å². The number of hydrogen-bond donors (Lipinski definition) is 3. The van der Waals surface area contributed by atoms with Crippen LogP contribution >= 0.6 is 0 Å². The molecule has 1 aliphatic heterocycles. The highest BCUT2D eigenvalue weighted by Gasteiger charge is 2.35. The molecule has 6 heteroatoms. The van der Waals surface area contributed by atoms with Crippen LogP contribution in [0.2, 0.25) is 0 Å². The minimum atomic E-state index is -1.26. The third-order valence-corrected chi connectivity index (χ3v) is 6.49. The van der Waals surface area contributed by atoms with Gasteiger partial charge >= 0.3 is 5.97 Å². The second-order valence-corrected chi connectivity index (χ2v) is 9.44. The summed E-state index contributed by atoms with van der Waals surface area (Å²) in [5.74, 6) is -0.762. The van der Waals surface area contributed by atoms with Gasteiger partial charge in [0.15, 0.2) is 0 Å². The molecule has 0 unspecified atom stereocenters. The molecule has 0 saturated heterocycles. The maximum absolute atomic E-state index is 15.7. The molecule has 1 aliphatic carbocycles. The summed E-state index contributed by atoms with van der Waals surface area (Å²) in [7, 11) is 0. The standard InChI is InChI=1S/C28H35FN2O3/c1-19(2)27(20(3)32)23(16-30)14-25-15-24(22-9-7-8-21(12-22)13-26(33)34)17-31(25)18-28(29)10-5-4-6-11-28/h7-9,12,14,16-17,32H,1,4-6,10-11,13,15,18,30H2,2-3H3,(H,33,34)/b23-16+,25-14+,27-20?. The Labute approximate surface area is 201 Å². The highest BCUT2D eigenvalue weighted by Crippen LogP contribution is 2.39. The predicted molar refractivity (Wildman–Crippen MR) is 135 cm³/mol. The normalized spacial score (nSPS) is 20.2. The minimum absolute atomic E-state index is 0.0519. The number of nitrogens with zero attached hydrogens (tertiary/aromatic N) is 1. The summed E-state index contributed by atoms with van der Waals surface area (Å²) in [6, 6.07) is 7.47. The summed E-state index contributed by atoms with van der Waals surface area (Å²) in [5.41, 5.74) is 10.0. The van der Waals surface area contributed by atoms with Crippen molar-refractivity contribution in [2.45, 2.75) is 64.5 Å². The number of rotatable bonds is 8. The lowest BCUT2D eigenvalue weighted by molar-refractivity contribution is -0.136. The van der Waals surface area contributed by atoms with E-state index >= 15 is 4.39 Å². The van der Waals surface area contributed by atoms with Gasteiger partial charge in [-0.25, -0.2) is 4.39 Å². The molecule has 3 rings (SSSR count). The van der Waals surface area contributed by atoms with Crippen LogP contribution in [0.3, 0.4) is 0 Å². The number of carboxylic acids is 1. The van der Waals surface area contributed by atoms with Crippen molar-refractivity contribution in [2.24, 2.45) is 5.73 Å². The Hall–Kier alpha value is -3.28. The first-order chi connectivity index (χ1) is 16.1. The molecule has 1 saturated carbocycles. The van der Waals surface area contributed by atoms with Gasteiger partial charge in [-0.3, -0.25) is 4.79 Å². The average molecular weight is 467 g/mol.